The molecule has 0 spiro atoms. The van der Waals surface area contributed by atoms with Gasteiger partial charge in [0, 0.05) is 5.56 Å². The monoisotopic (exact) mass is 297 g/mol. The SMILES string of the molecule is CCOC(=O)Cc1cc(CF)nc(OC(F)(F)F)c1O. The van der Waals surface area contributed by atoms with Crippen LogP contribution >= 0.6 is 0 Å². The number of ether oxygens (including phenoxy) is 2. The van der Waals surface area contributed by atoms with Gasteiger partial charge in [0.1, 0.15) is 6.67 Å². The molecular weight excluding hydrogens is 286 g/mol. The highest BCUT2D eigenvalue weighted by Crippen LogP contribution is 2.33. The Labute approximate surface area is 111 Å². The largest absolute Gasteiger partial charge is 0.574 e. The standard InChI is InChI=1S/C11H11F4NO4/c1-2-19-8(17)4-6-3-7(5-12)16-10(9(6)18)20-11(13,14)15/h3,18H,2,4-5H2,1H3. The van der Waals surface area contributed by atoms with Crippen molar-refractivity contribution in [2.45, 2.75) is 26.4 Å². The Hall–Kier alpha value is -2.06. The molecule has 1 heterocycles. The fourth-order valence-electron chi connectivity index (χ4n) is 1.37. The summed E-state index contributed by atoms with van der Waals surface area (Å²) in [6.45, 7) is 0.423. The number of pyridine rings is 1. The average Bonchev–Trinajstić information content (AvgIpc) is 2.32. The van der Waals surface area contributed by atoms with Crippen LogP contribution in [0.5, 0.6) is 11.6 Å². The van der Waals surface area contributed by atoms with Crippen LogP contribution in [0.15, 0.2) is 6.07 Å². The van der Waals surface area contributed by atoms with Crippen LogP contribution < -0.4 is 4.74 Å². The predicted molar refractivity (Wildman–Crippen MR) is 57.7 cm³/mol. The summed E-state index contributed by atoms with van der Waals surface area (Å²) in [5, 5.41) is 9.57. The number of esters is 1. The van der Waals surface area contributed by atoms with E-state index in [9.17, 15) is 27.5 Å². The molecule has 9 heteroatoms. The molecule has 0 atom stereocenters. The average molecular weight is 297 g/mol. The number of rotatable bonds is 5. The fourth-order valence-corrected chi connectivity index (χ4v) is 1.37. The minimum absolute atomic E-state index is 0.0621. The van der Waals surface area contributed by atoms with Crippen molar-refractivity contribution in [2.75, 3.05) is 6.61 Å². The third-order valence-electron chi connectivity index (χ3n) is 2.08. The van der Waals surface area contributed by atoms with Crippen LogP contribution in [0, 0.1) is 0 Å². The minimum atomic E-state index is -5.10. The summed E-state index contributed by atoms with van der Waals surface area (Å²) in [6, 6.07) is 0.968. The minimum Gasteiger partial charge on any atom is -0.503 e. The number of hydrogen-bond acceptors (Lipinski definition) is 5. The van der Waals surface area contributed by atoms with Crippen LogP contribution in [0.25, 0.3) is 0 Å². The molecule has 0 aliphatic heterocycles. The molecule has 0 unspecified atom stereocenters. The summed E-state index contributed by atoms with van der Waals surface area (Å²) in [6.07, 6.45) is -5.62. The first-order valence-corrected chi connectivity index (χ1v) is 5.46. The maximum Gasteiger partial charge on any atom is 0.574 e. The van der Waals surface area contributed by atoms with Gasteiger partial charge in [-0.15, -0.1) is 13.2 Å². The molecular formula is C11H11F4NO4. The molecule has 1 N–H and O–H groups in total. The van der Waals surface area contributed by atoms with E-state index < -0.39 is 42.8 Å². The summed E-state index contributed by atoms with van der Waals surface area (Å²) in [7, 11) is 0. The van der Waals surface area contributed by atoms with E-state index in [1.54, 1.807) is 0 Å². The van der Waals surface area contributed by atoms with E-state index in [1.807, 2.05) is 0 Å². The smallest absolute Gasteiger partial charge is 0.503 e. The van der Waals surface area contributed by atoms with Crippen molar-refractivity contribution in [1.29, 1.82) is 0 Å². The predicted octanol–water partition coefficient (Wildman–Crippen LogP) is 2.26. The van der Waals surface area contributed by atoms with E-state index in [4.69, 9.17) is 0 Å². The molecule has 0 bridgehead atoms. The summed E-state index contributed by atoms with van der Waals surface area (Å²) >= 11 is 0. The molecule has 112 valence electrons. The van der Waals surface area contributed by atoms with Crippen LogP contribution in [0.3, 0.4) is 0 Å². The molecule has 0 saturated carbocycles. The third kappa shape index (κ3) is 4.56. The zero-order valence-electron chi connectivity index (χ0n) is 10.3. The van der Waals surface area contributed by atoms with E-state index in [0.29, 0.717) is 0 Å². The molecule has 0 amide bonds. The Bertz CT molecular complexity index is 490. The fraction of sp³-hybridized carbons (Fsp3) is 0.455. The molecule has 0 aromatic carbocycles. The van der Waals surface area contributed by atoms with Gasteiger partial charge in [0.25, 0.3) is 5.88 Å². The highest BCUT2D eigenvalue weighted by molar-refractivity contribution is 5.74. The number of halogens is 4. The van der Waals surface area contributed by atoms with Gasteiger partial charge in [-0.1, -0.05) is 0 Å². The molecule has 5 nitrogen and oxygen atoms in total. The summed E-state index contributed by atoms with van der Waals surface area (Å²) in [5.41, 5.74) is -0.660. The molecule has 0 fully saturated rings. The van der Waals surface area contributed by atoms with Gasteiger partial charge in [-0.3, -0.25) is 4.79 Å². The van der Waals surface area contributed by atoms with Crippen LogP contribution in [0.1, 0.15) is 18.2 Å². The van der Waals surface area contributed by atoms with Crippen molar-refractivity contribution in [2.24, 2.45) is 0 Å². The quantitative estimate of drug-likeness (QED) is 0.667. The van der Waals surface area contributed by atoms with Gasteiger partial charge in [-0.05, 0) is 13.0 Å². The van der Waals surface area contributed by atoms with Crippen LogP contribution in [0.2, 0.25) is 0 Å². The second-order valence-corrected chi connectivity index (χ2v) is 3.59. The summed E-state index contributed by atoms with van der Waals surface area (Å²) < 4.78 is 56.9. The molecule has 1 aromatic rings. The van der Waals surface area contributed by atoms with Crippen molar-refractivity contribution in [3.8, 4) is 11.6 Å². The van der Waals surface area contributed by atoms with Gasteiger partial charge in [0.05, 0.1) is 18.7 Å². The number of aromatic nitrogens is 1. The van der Waals surface area contributed by atoms with Gasteiger partial charge in [-0.2, -0.15) is 0 Å². The topological polar surface area (TPSA) is 68.7 Å². The number of aromatic hydroxyl groups is 1. The molecule has 1 aromatic heterocycles. The first-order chi connectivity index (χ1) is 9.26. The van der Waals surface area contributed by atoms with Crippen molar-refractivity contribution < 1.29 is 36.9 Å². The van der Waals surface area contributed by atoms with Crippen LogP contribution in [-0.4, -0.2) is 29.0 Å². The number of hydrogen-bond donors (Lipinski definition) is 1. The highest BCUT2D eigenvalue weighted by atomic mass is 19.4. The molecule has 0 radical (unpaired) electrons. The Morgan fingerprint density at radius 2 is 2.10 bits per heavy atom. The Morgan fingerprint density at radius 3 is 2.60 bits per heavy atom. The van der Waals surface area contributed by atoms with Crippen molar-refractivity contribution in [3.63, 3.8) is 0 Å². The second kappa shape index (κ2) is 6.40. The van der Waals surface area contributed by atoms with Crippen LogP contribution in [0.4, 0.5) is 17.6 Å². The van der Waals surface area contributed by atoms with Crippen molar-refractivity contribution in [3.05, 3.63) is 17.3 Å². The number of carbonyl (C=O) groups is 1. The lowest BCUT2D eigenvalue weighted by molar-refractivity contribution is -0.276. The molecule has 0 saturated heterocycles. The molecule has 0 aliphatic carbocycles. The summed E-state index contributed by atoms with van der Waals surface area (Å²) in [5.74, 6) is -2.96. The second-order valence-electron chi connectivity index (χ2n) is 3.59. The van der Waals surface area contributed by atoms with Gasteiger partial charge in [-0.25, -0.2) is 9.37 Å². The molecule has 0 aliphatic rings. The normalized spacial score (nSPS) is 11.2. The third-order valence-corrected chi connectivity index (χ3v) is 2.08. The highest BCUT2D eigenvalue weighted by Gasteiger charge is 2.34. The van der Waals surface area contributed by atoms with Gasteiger partial charge >= 0.3 is 12.3 Å². The van der Waals surface area contributed by atoms with Gasteiger partial charge in [0.15, 0.2) is 5.75 Å². The Balaban J connectivity index is 3.10. The van der Waals surface area contributed by atoms with Gasteiger partial charge < -0.3 is 14.6 Å². The van der Waals surface area contributed by atoms with E-state index in [2.05, 4.69) is 14.5 Å². The number of nitrogens with zero attached hydrogens (tertiary/aromatic N) is 1. The van der Waals surface area contributed by atoms with E-state index >= 15 is 0 Å². The first-order valence-electron chi connectivity index (χ1n) is 5.46. The van der Waals surface area contributed by atoms with Crippen molar-refractivity contribution in [1.82, 2.24) is 4.98 Å². The number of carbonyl (C=O) groups excluding carboxylic acids is 1. The maximum atomic E-state index is 12.5. The molecule has 1 rings (SSSR count). The number of alkyl halides is 4. The lowest BCUT2D eigenvalue weighted by atomic mass is 10.1. The molecule has 20 heavy (non-hydrogen) atoms. The lowest BCUT2D eigenvalue weighted by Gasteiger charge is -2.13. The zero-order chi connectivity index (χ0) is 15.3. The van der Waals surface area contributed by atoms with E-state index in [1.165, 1.54) is 6.92 Å². The van der Waals surface area contributed by atoms with E-state index in [0.717, 1.165) is 6.07 Å². The maximum absolute atomic E-state index is 12.5. The first kappa shape index (κ1) is 16.0. The summed E-state index contributed by atoms with van der Waals surface area (Å²) in [4.78, 5) is 14.4. The Kier molecular flexibility index (Phi) is 5.12. The van der Waals surface area contributed by atoms with Gasteiger partial charge in [0.2, 0.25) is 0 Å². The van der Waals surface area contributed by atoms with Crippen LogP contribution in [-0.2, 0) is 22.6 Å². The van der Waals surface area contributed by atoms with E-state index in [-0.39, 0.29) is 12.2 Å². The Morgan fingerprint density at radius 1 is 1.45 bits per heavy atom. The van der Waals surface area contributed by atoms with Crippen molar-refractivity contribution >= 4 is 5.97 Å². The lowest BCUT2D eigenvalue weighted by Crippen LogP contribution is -2.19. The zero-order valence-corrected chi connectivity index (χ0v) is 10.3.